The highest BCUT2D eigenvalue weighted by atomic mass is 16.4. The zero-order chi connectivity index (χ0) is 27.9. The molecule has 2 rings (SSSR count). The largest absolute Gasteiger partial charge is 0.481 e. The first-order valence-corrected chi connectivity index (χ1v) is 11.7. The smallest absolute Gasteiger partial charge is 0.326 e. The summed E-state index contributed by atoms with van der Waals surface area (Å²) in [4.78, 5) is 64.6. The summed E-state index contributed by atoms with van der Waals surface area (Å²) in [6.07, 6.45) is -0.507. The van der Waals surface area contributed by atoms with E-state index >= 15 is 0 Å². The minimum Gasteiger partial charge on any atom is -0.481 e. The lowest BCUT2D eigenvalue weighted by Gasteiger charge is -2.26. The zero-order valence-corrected chi connectivity index (χ0v) is 20.7. The van der Waals surface area contributed by atoms with Crippen molar-refractivity contribution in [2.24, 2.45) is 11.7 Å². The predicted molar refractivity (Wildman–Crippen MR) is 132 cm³/mol. The Labute approximate surface area is 212 Å². The van der Waals surface area contributed by atoms with E-state index in [0.717, 1.165) is 10.9 Å². The van der Waals surface area contributed by atoms with Crippen LogP contribution >= 0.6 is 0 Å². The number of para-hydroxylation sites is 1. The van der Waals surface area contributed by atoms with Crippen LogP contribution in [0.4, 0.5) is 0 Å². The molecule has 5 unspecified atom stereocenters. The number of carbonyl (C=O) groups is 5. The van der Waals surface area contributed by atoms with E-state index in [4.69, 9.17) is 5.73 Å². The van der Waals surface area contributed by atoms with Crippen LogP contribution in [0.25, 0.3) is 10.9 Å². The average Bonchev–Trinajstić information content (AvgIpc) is 3.22. The van der Waals surface area contributed by atoms with E-state index in [-0.39, 0.29) is 6.42 Å². The number of benzene rings is 1. The summed E-state index contributed by atoms with van der Waals surface area (Å²) in [6, 6.07) is 1.62. The molecule has 0 aliphatic heterocycles. The number of fused-ring (bicyclic) bond motifs is 1. The maximum atomic E-state index is 13.2. The number of H-pyrrole nitrogens is 1. The molecule has 0 spiro atoms. The number of nitrogens with two attached hydrogens (primary N) is 1. The molecule has 0 radical (unpaired) electrons. The van der Waals surface area contributed by atoms with Gasteiger partial charge in [-0.1, -0.05) is 32.0 Å². The lowest BCUT2D eigenvalue weighted by atomic mass is 10.0. The third kappa shape index (κ3) is 8.02. The number of aliphatic hydroxyl groups is 1. The second kappa shape index (κ2) is 12.8. The number of carbonyl (C=O) groups excluding carboxylic acids is 3. The molecule has 0 aliphatic rings. The van der Waals surface area contributed by atoms with Crippen LogP contribution < -0.4 is 21.7 Å². The highest BCUT2D eigenvalue weighted by Gasteiger charge is 2.33. The van der Waals surface area contributed by atoms with E-state index in [9.17, 15) is 39.3 Å². The van der Waals surface area contributed by atoms with Crippen LogP contribution in [0.5, 0.6) is 0 Å². The van der Waals surface area contributed by atoms with Crippen molar-refractivity contribution in [1.82, 2.24) is 20.9 Å². The molecule has 0 saturated carbocycles. The lowest BCUT2D eigenvalue weighted by molar-refractivity contribution is -0.144. The Morgan fingerprint density at radius 1 is 0.919 bits per heavy atom. The van der Waals surface area contributed by atoms with E-state index < -0.39 is 72.3 Å². The molecule has 2 aromatic rings. The normalized spacial score (nSPS) is 15.3. The van der Waals surface area contributed by atoms with Gasteiger partial charge in [-0.2, -0.15) is 0 Å². The van der Waals surface area contributed by atoms with Crippen LogP contribution in [0.15, 0.2) is 30.5 Å². The summed E-state index contributed by atoms with van der Waals surface area (Å²) in [7, 11) is 0. The molecular weight excluding hydrogens is 486 g/mol. The third-order valence-corrected chi connectivity index (χ3v) is 5.80. The zero-order valence-electron chi connectivity index (χ0n) is 20.7. The van der Waals surface area contributed by atoms with E-state index in [2.05, 4.69) is 20.9 Å². The molecule has 37 heavy (non-hydrogen) atoms. The monoisotopic (exact) mass is 519 g/mol. The van der Waals surface area contributed by atoms with Crippen LogP contribution in [-0.2, 0) is 30.4 Å². The Morgan fingerprint density at radius 2 is 1.51 bits per heavy atom. The van der Waals surface area contributed by atoms with Crippen molar-refractivity contribution < 1.29 is 39.3 Å². The lowest BCUT2D eigenvalue weighted by Crippen LogP contribution is -2.59. The van der Waals surface area contributed by atoms with Crippen molar-refractivity contribution in [3.8, 4) is 0 Å². The first-order valence-electron chi connectivity index (χ1n) is 11.7. The van der Waals surface area contributed by atoms with Crippen molar-refractivity contribution in [2.75, 3.05) is 0 Å². The fraction of sp³-hybridized carbons (Fsp3) is 0.458. The standard InChI is InChI=1S/C24H33N5O8/c1-11(2)20(24(36)37)29-22(34)16(8-13-10-26-15-7-5-4-6-14(13)15)27-21(33)17(9-18(31)32)28-23(35)19(25)12(3)30/h4-7,10-12,16-17,19-20,26,30H,8-9,25H2,1-3H3,(H,27,33)(H,28,35)(H,29,34)(H,31,32)(H,36,37). The SMILES string of the molecule is CC(C)C(NC(=O)C(Cc1c[nH]c2ccccc12)NC(=O)C(CC(=O)O)NC(=O)C(N)C(C)O)C(=O)O. The number of aromatic amines is 1. The van der Waals surface area contributed by atoms with Crippen LogP contribution in [0.1, 0.15) is 32.8 Å². The van der Waals surface area contributed by atoms with Gasteiger partial charge in [-0.3, -0.25) is 19.2 Å². The number of carboxylic acid groups (broad SMARTS) is 2. The molecule has 5 atom stereocenters. The molecule has 0 saturated heterocycles. The molecule has 1 aromatic heterocycles. The van der Waals surface area contributed by atoms with Gasteiger partial charge in [0.1, 0.15) is 24.2 Å². The van der Waals surface area contributed by atoms with Crippen molar-refractivity contribution in [3.05, 3.63) is 36.0 Å². The minimum absolute atomic E-state index is 0.0626. The molecule has 3 amide bonds. The van der Waals surface area contributed by atoms with E-state index in [1.54, 1.807) is 32.2 Å². The van der Waals surface area contributed by atoms with Crippen molar-refractivity contribution in [3.63, 3.8) is 0 Å². The number of aliphatic hydroxyl groups excluding tert-OH is 1. The molecule has 9 N–H and O–H groups in total. The number of hydrogen-bond acceptors (Lipinski definition) is 7. The van der Waals surface area contributed by atoms with Gasteiger partial charge < -0.3 is 42.0 Å². The Bertz CT molecular complexity index is 1150. The second-order valence-corrected chi connectivity index (χ2v) is 9.12. The van der Waals surface area contributed by atoms with Gasteiger partial charge in [0, 0.05) is 23.5 Å². The van der Waals surface area contributed by atoms with E-state index in [1.807, 2.05) is 12.1 Å². The first-order chi connectivity index (χ1) is 17.3. The minimum atomic E-state index is -1.62. The number of carboxylic acids is 2. The second-order valence-electron chi connectivity index (χ2n) is 9.12. The summed E-state index contributed by atoms with van der Waals surface area (Å²) in [5.74, 6) is -5.89. The quantitative estimate of drug-likeness (QED) is 0.164. The average molecular weight is 520 g/mol. The van der Waals surface area contributed by atoms with Crippen LogP contribution in [0.3, 0.4) is 0 Å². The van der Waals surface area contributed by atoms with Gasteiger partial charge in [-0.25, -0.2) is 4.79 Å². The molecule has 1 aromatic carbocycles. The van der Waals surface area contributed by atoms with Gasteiger partial charge in [0.15, 0.2) is 0 Å². The number of amides is 3. The summed E-state index contributed by atoms with van der Waals surface area (Å²) in [5.41, 5.74) is 6.99. The topological polar surface area (TPSA) is 224 Å². The number of hydrogen-bond donors (Lipinski definition) is 8. The van der Waals surface area contributed by atoms with Crippen molar-refractivity contribution >= 4 is 40.6 Å². The number of aromatic nitrogens is 1. The third-order valence-electron chi connectivity index (χ3n) is 5.80. The molecule has 0 fully saturated rings. The van der Waals surface area contributed by atoms with Crippen LogP contribution in [-0.4, -0.2) is 80.2 Å². The van der Waals surface area contributed by atoms with Crippen molar-refractivity contribution in [1.29, 1.82) is 0 Å². The van der Waals surface area contributed by atoms with Gasteiger partial charge in [0.05, 0.1) is 12.5 Å². The fourth-order valence-electron chi connectivity index (χ4n) is 3.64. The fourth-order valence-corrected chi connectivity index (χ4v) is 3.64. The highest BCUT2D eigenvalue weighted by Crippen LogP contribution is 2.19. The van der Waals surface area contributed by atoms with Gasteiger partial charge in [0.2, 0.25) is 17.7 Å². The maximum Gasteiger partial charge on any atom is 0.326 e. The van der Waals surface area contributed by atoms with E-state index in [0.29, 0.717) is 5.56 Å². The Hall–Kier alpha value is -3.97. The molecule has 0 aliphatic carbocycles. The first kappa shape index (κ1) is 29.3. The molecule has 0 bridgehead atoms. The number of nitrogens with one attached hydrogen (secondary N) is 4. The molecule has 1 heterocycles. The van der Waals surface area contributed by atoms with Crippen molar-refractivity contribution in [2.45, 2.75) is 63.9 Å². The van der Waals surface area contributed by atoms with Crippen LogP contribution in [0.2, 0.25) is 0 Å². The molecular formula is C24H33N5O8. The van der Waals surface area contributed by atoms with Gasteiger partial charge in [-0.05, 0) is 24.5 Å². The molecule has 202 valence electrons. The van der Waals surface area contributed by atoms with E-state index in [1.165, 1.54) is 6.92 Å². The maximum absolute atomic E-state index is 13.2. The molecule has 13 heteroatoms. The predicted octanol–water partition coefficient (Wildman–Crippen LogP) is -0.912. The van der Waals surface area contributed by atoms with Gasteiger partial charge in [0.25, 0.3) is 0 Å². The Morgan fingerprint density at radius 3 is 2.08 bits per heavy atom. The highest BCUT2D eigenvalue weighted by molar-refractivity contribution is 5.96. The number of rotatable bonds is 13. The summed E-state index contributed by atoms with van der Waals surface area (Å²) in [6.45, 7) is 4.47. The molecule has 13 nitrogen and oxygen atoms in total. The van der Waals surface area contributed by atoms with Gasteiger partial charge >= 0.3 is 11.9 Å². The Balaban J connectivity index is 2.34. The van der Waals surface area contributed by atoms with Gasteiger partial charge in [-0.15, -0.1) is 0 Å². The van der Waals surface area contributed by atoms with Crippen LogP contribution in [0, 0.1) is 5.92 Å². The Kier molecular flexibility index (Phi) is 10.1. The number of aliphatic carboxylic acids is 2. The summed E-state index contributed by atoms with van der Waals surface area (Å²) < 4.78 is 0. The summed E-state index contributed by atoms with van der Waals surface area (Å²) >= 11 is 0. The summed E-state index contributed by atoms with van der Waals surface area (Å²) in [5, 5.41) is 36.1.